The molecular formula is C39H56O4. The van der Waals surface area contributed by atoms with Gasteiger partial charge in [0, 0.05) is 28.9 Å². The van der Waals surface area contributed by atoms with Crippen LogP contribution in [0.15, 0.2) is 59.7 Å². The van der Waals surface area contributed by atoms with E-state index >= 15 is 0 Å². The first-order chi connectivity index (χ1) is 19.9. The largest absolute Gasteiger partial charge is 0.507 e. The van der Waals surface area contributed by atoms with Gasteiger partial charge in [0.15, 0.2) is 0 Å². The number of aromatic hydroxyl groups is 3. The molecule has 2 aromatic rings. The normalized spacial score (nSPS) is 23.6. The average Bonchev–Trinajstić information content (AvgIpc) is 2.88. The summed E-state index contributed by atoms with van der Waals surface area (Å²) in [7, 11) is 0. The molecule has 0 amide bonds. The van der Waals surface area contributed by atoms with Crippen LogP contribution < -0.4 is 4.74 Å². The number of fused-ring (bicyclic) bond motifs is 3. The molecule has 0 spiro atoms. The van der Waals surface area contributed by atoms with E-state index in [1.165, 1.54) is 16.7 Å². The van der Waals surface area contributed by atoms with Gasteiger partial charge in [0.2, 0.25) is 0 Å². The number of ether oxygens (including phenoxy) is 1. The van der Waals surface area contributed by atoms with Crippen molar-refractivity contribution in [2.45, 2.75) is 125 Å². The fourth-order valence-electron chi connectivity index (χ4n) is 7.37. The Balaban J connectivity index is 0.000000230. The van der Waals surface area contributed by atoms with Crippen molar-refractivity contribution in [1.82, 2.24) is 0 Å². The van der Waals surface area contributed by atoms with Crippen LogP contribution in [0.3, 0.4) is 0 Å². The third-order valence-electron chi connectivity index (χ3n) is 9.51. The lowest BCUT2D eigenvalue weighted by molar-refractivity contribution is 0.0107. The van der Waals surface area contributed by atoms with E-state index < -0.39 is 0 Å². The van der Waals surface area contributed by atoms with Crippen LogP contribution in [0.1, 0.15) is 129 Å². The van der Waals surface area contributed by atoms with E-state index in [0.29, 0.717) is 17.2 Å². The molecule has 43 heavy (non-hydrogen) atoms. The second kappa shape index (κ2) is 14.1. The highest BCUT2D eigenvalue weighted by Gasteiger charge is 2.45. The zero-order valence-electron chi connectivity index (χ0n) is 26.9. The number of allylic oxidation sites excluding steroid dienone is 5. The summed E-state index contributed by atoms with van der Waals surface area (Å²) >= 11 is 0. The molecule has 0 bridgehead atoms. The Morgan fingerprint density at radius 1 is 0.814 bits per heavy atom. The fraction of sp³-hybridized carbons (Fsp3) is 0.538. The molecule has 5 rings (SSSR count). The van der Waals surface area contributed by atoms with E-state index in [9.17, 15) is 15.3 Å². The topological polar surface area (TPSA) is 69.9 Å². The standard InChI is InChI=1S/2C19H26O2.CH4/c1-5-6-13-10-16(20)18-14-9-12(2)7-8-15(14)19(3,4)21-17(18)11-13;1-5-6-14-10-17(20)19(18(21)11-14)16-9-13(4)7-8-15(16)12(2)3;/h9-11,14-15,20H,5-8H2,1-4H3;9-11,15-16,20-21H,2,5-8H2,1,3-4H3;1H4/t14-,15?;15?,16-;/m11./s1. The summed E-state index contributed by atoms with van der Waals surface area (Å²) in [5.74, 6) is 2.74. The Morgan fingerprint density at radius 3 is 1.84 bits per heavy atom. The average molecular weight is 589 g/mol. The molecule has 4 atom stereocenters. The van der Waals surface area contributed by atoms with Crippen molar-refractivity contribution in [2.75, 3.05) is 0 Å². The van der Waals surface area contributed by atoms with Crippen LogP contribution in [0.4, 0.5) is 0 Å². The van der Waals surface area contributed by atoms with Crippen LogP contribution in [0, 0.1) is 11.8 Å². The highest BCUT2D eigenvalue weighted by atomic mass is 16.5. The van der Waals surface area contributed by atoms with Crippen molar-refractivity contribution in [3.63, 3.8) is 0 Å². The summed E-state index contributed by atoms with van der Waals surface area (Å²) in [4.78, 5) is 0. The van der Waals surface area contributed by atoms with Gasteiger partial charge in [0.1, 0.15) is 28.6 Å². The second-order valence-corrected chi connectivity index (χ2v) is 13.5. The fourth-order valence-corrected chi connectivity index (χ4v) is 7.37. The van der Waals surface area contributed by atoms with Gasteiger partial charge in [-0.05, 0) is 114 Å². The second-order valence-electron chi connectivity index (χ2n) is 13.5. The summed E-state index contributed by atoms with van der Waals surface area (Å²) in [6, 6.07) is 7.66. The molecule has 0 saturated heterocycles. The third-order valence-corrected chi connectivity index (χ3v) is 9.51. The number of benzene rings is 2. The maximum atomic E-state index is 10.5. The van der Waals surface area contributed by atoms with Crippen molar-refractivity contribution in [2.24, 2.45) is 11.8 Å². The maximum Gasteiger partial charge on any atom is 0.127 e. The lowest BCUT2D eigenvalue weighted by Gasteiger charge is -2.46. The molecule has 4 heteroatoms. The van der Waals surface area contributed by atoms with E-state index in [-0.39, 0.29) is 42.3 Å². The monoisotopic (exact) mass is 588 g/mol. The predicted octanol–water partition coefficient (Wildman–Crippen LogP) is 10.7. The molecule has 1 aliphatic heterocycles. The van der Waals surface area contributed by atoms with Crippen LogP contribution in [-0.2, 0) is 12.8 Å². The Bertz CT molecular complexity index is 1340. The molecular weight excluding hydrogens is 532 g/mol. The number of hydrogen-bond donors (Lipinski definition) is 3. The Kier molecular flexibility index (Phi) is 11.3. The zero-order chi connectivity index (χ0) is 30.8. The Morgan fingerprint density at radius 2 is 1.30 bits per heavy atom. The van der Waals surface area contributed by atoms with Crippen LogP contribution in [-0.4, -0.2) is 20.9 Å². The van der Waals surface area contributed by atoms with Gasteiger partial charge < -0.3 is 20.1 Å². The minimum absolute atomic E-state index is 0. The van der Waals surface area contributed by atoms with E-state index in [1.54, 1.807) is 12.1 Å². The molecule has 4 nitrogen and oxygen atoms in total. The number of hydrogen-bond acceptors (Lipinski definition) is 4. The van der Waals surface area contributed by atoms with Crippen LogP contribution >= 0.6 is 0 Å². The van der Waals surface area contributed by atoms with Gasteiger partial charge in [-0.2, -0.15) is 0 Å². The van der Waals surface area contributed by atoms with Crippen molar-refractivity contribution in [3.05, 3.63) is 82.0 Å². The molecule has 3 aliphatic rings. The first kappa shape index (κ1) is 34.4. The van der Waals surface area contributed by atoms with Gasteiger partial charge in [-0.25, -0.2) is 0 Å². The van der Waals surface area contributed by atoms with Crippen LogP contribution in [0.25, 0.3) is 0 Å². The highest BCUT2D eigenvalue weighted by molar-refractivity contribution is 5.54. The summed E-state index contributed by atoms with van der Waals surface area (Å²) in [6.45, 7) is 19.1. The summed E-state index contributed by atoms with van der Waals surface area (Å²) in [6.07, 6.45) is 12.8. The number of aryl methyl sites for hydroxylation is 2. The quantitative estimate of drug-likeness (QED) is 0.294. The first-order valence-corrected chi connectivity index (χ1v) is 16.0. The molecule has 3 N–H and O–H groups in total. The van der Waals surface area contributed by atoms with Gasteiger partial charge in [-0.3, -0.25) is 0 Å². The van der Waals surface area contributed by atoms with E-state index in [0.717, 1.165) is 73.8 Å². The van der Waals surface area contributed by atoms with Gasteiger partial charge in [0.25, 0.3) is 0 Å². The summed E-state index contributed by atoms with van der Waals surface area (Å²) < 4.78 is 6.30. The molecule has 0 radical (unpaired) electrons. The molecule has 236 valence electrons. The molecule has 0 aromatic heterocycles. The van der Waals surface area contributed by atoms with E-state index in [2.05, 4.69) is 66.3 Å². The summed E-state index contributed by atoms with van der Waals surface area (Å²) in [5.41, 5.74) is 7.48. The highest BCUT2D eigenvalue weighted by Crippen LogP contribution is 2.53. The lowest BCUT2D eigenvalue weighted by atomic mass is 9.68. The molecule has 2 aliphatic carbocycles. The molecule has 2 unspecified atom stereocenters. The summed E-state index contributed by atoms with van der Waals surface area (Å²) in [5, 5.41) is 31.4. The SMILES string of the molecule is C.C=C(C)C1CCC(C)=C[C@H]1c1c(O)cc(CCC)cc1O.CCCc1cc(O)c2c(c1)OC(C)(C)C1CCC(C)=C[C@@H]21. The Hall–Kier alpha value is -3.14. The van der Waals surface area contributed by atoms with Crippen LogP contribution in [0.2, 0.25) is 0 Å². The molecule has 0 saturated carbocycles. The van der Waals surface area contributed by atoms with Gasteiger partial charge >= 0.3 is 0 Å². The third kappa shape index (κ3) is 7.51. The smallest absolute Gasteiger partial charge is 0.127 e. The van der Waals surface area contributed by atoms with Gasteiger partial charge in [0.05, 0.1) is 0 Å². The molecule has 0 fully saturated rings. The van der Waals surface area contributed by atoms with E-state index in [1.807, 2.05) is 13.0 Å². The van der Waals surface area contributed by atoms with Crippen molar-refractivity contribution in [3.8, 4) is 23.0 Å². The van der Waals surface area contributed by atoms with Crippen molar-refractivity contribution < 1.29 is 20.1 Å². The van der Waals surface area contributed by atoms with Crippen LogP contribution in [0.5, 0.6) is 23.0 Å². The minimum Gasteiger partial charge on any atom is -0.507 e. The zero-order valence-corrected chi connectivity index (χ0v) is 26.9. The molecule has 1 heterocycles. The molecule has 2 aromatic carbocycles. The maximum absolute atomic E-state index is 10.5. The predicted molar refractivity (Wildman–Crippen MR) is 181 cm³/mol. The Labute approximate surface area is 261 Å². The van der Waals surface area contributed by atoms with Gasteiger partial charge in [-0.1, -0.05) is 69.6 Å². The lowest BCUT2D eigenvalue weighted by Crippen LogP contribution is -2.45. The van der Waals surface area contributed by atoms with Gasteiger partial charge in [-0.15, -0.1) is 0 Å². The number of rotatable bonds is 6. The van der Waals surface area contributed by atoms with Crippen molar-refractivity contribution >= 4 is 0 Å². The van der Waals surface area contributed by atoms with E-state index in [4.69, 9.17) is 4.74 Å². The minimum atomic E-state index is -0.174. The number of phenolic OH excluding ortho intramolecular Hbond substituents is 3. The first-order valence-electron chi connectivity index (χ1n) is 16.0. The van der Waals surface area contributed by atoms with Crippen molar-refractivity contribution in [1.29, 1.82) is 0 Å². The number of phenols is 3.